The molecule has 5 nitrogen and oxygen atoms in total. The maximum absolute atomic E-state index is 13.8. The molecule has 0 bridgehead atoms. The van der Waals surface area contributed by atoms with Gasteiger partial charge in [-0.05, 0) is 39.5 Å². The molecule has 0 fully saturated rings. The van der Waals surface area contributed by atoms with Crippen LogP contribution in [-0.4, -0.2) is 21.9 Å². The summed E-state index contributed by atoms with van der Waals surface area (Å²) in [6, 6.07) is 5.00. The molecular weight excluding hydrogens is 526 g/mol. The highest BCUT2D eigenvalue weighted by molar-refractivity contribution is 9.10. The fourth-order valence-corrected chi connectivity index (χ4v) is 4.78. The molecule has 0 saturated heterocycles. The first-order chi connectivity index (χ1) is 15.0. The van der Waals surface area contributed by atoms with E-state index in [0.29, 0.717) is 9.56 Å². The van der Waals surface area contributed by atoms with Gasteiger partial charge in [-0.3, -0.25) is 4.79 Å². The monoisotopic (exact) mass is 538 g/mol. The predicted molar refractivity (Wildman–Crippen MR) is 110 cm³/mol. The molecule has 32 heavy (non-hydrogen) atoms. The number of benzene rings is 1. The number of halogens is 7. The lowest BCUT2D eigenvalue weighted by Crippen LogP contribution is -2.35. The Morgan fingerprint density at radius 1 is 1.16 bits per heavy atom. The molecule has 3 aromatic rings. The lowest BCUT2D eigenvalue weighted by Gasteiger charge is -2.33. The van der Waals surface area contributed by atoms with Crippen molar-refractivity contribution in [3.8, 4) is 0 Å². The number of hydrogen-bond acceptors (Lipinski definition) is 4. The van der Waals surface area contributed by atoms with Crippen molar-refractivity contribution < 1.29 is 31.1 Å². The second-order valence-electron chi connectivity index (χ2n) is 6.96. The van der Waals surface area contributed by atoms with Gasteiger partial charge in [0.1, 0.15) is 5.82 Å². The molecule has 4 rings (SSSR count). The molecule has 1 aromatic carbocycles. The molecule has 2 atom stereocenters. The van der Waals surface area contributed by atoms with E-state index < -0.39 is 47.3 Å². The van der Waals surface area contributed by atoms with Gasteiger partial charge in [-0.1, -0.05) is 18.2 Å². The van der Waals surface area contributed by atoms with E-state index >= 15 is 0 Å². The molecule has 0 spiro atoms. The quantitative estimate of drug-likeness (QED) is 0.367. The van der Waals surface area contributed by atoms with E-state index in [4.69, 9.17) is 0 Å². The number of carbonyl (C=O) groups is 1. The van der Waals surface area contributed by atoms with E-state index in [-0.39, 0.29) is 16.7 Å². The van der Waals surface area contributed by atoms with Crippen LogP contribution in [0, 0.1) is 0 Å². The summed E-state index contributed by atoms with van der Waals surface area (Å²) < 4.78 is 81.6. The second-order valence-corrected chi connectivity index (χ2v) is 8.73. The van der Waals surface area contributed by atoms with Crippen LogP contribution < -0.4 is 10.6 Å². The topological polar surface area (TPSA) is 59.0 Å². The van der Waals surface area contributed by atoms with Gasteiger partial charge in [-0.15, -0.1) is 11.3 Å². The highest BCUT2D eigenvalue weighted by Gasteiger charge is 2.48. The van der Waals surface area contributed by atoms with Crippen LogP contribution in [-0.2, 0) is 6.18 Å². The van der Waals surface area contributed by atoms with Gasteiger partial charge in [-0.2, -0.15) is 31.4 Å². The van der Waals surface area contributed by atoms with E-state index in [9.17, 15) is 31.1 Å². The molecule has 13 heteroatoms. The Morgan fingerprint density at radius 2 is 1.88 bits per heavy atom. The van der Waals surface area contributed by atoms with Crippen molar-refractivity contribution in [3.63, 3.8) is 0 Å². The van der Waals surface area contributed by atoms with Gasteiger partial charge >= 0.3 is 12.4 Å². The smallest absolute Gasteiger partial charge is 0.362 e. The molecule has 2 N–H and O–H groups in total. The Hall–Kier alpha value is -2.54. The van der Waals surface area contributed by atoms with E-state index in [1.54, 1.807) is 17.5 Å². The number of alkyl halides is 6. The highest BCUT2D eigenvalue weighted by atomic mass is 79.9. The van der Waals surface area contributed by atoms with Crippen molar-refractivity contribution in [3.05, 3.63) is 62.4 Å². The normalized spacial score (nSPS) is 18.7. The molecule has 3 heterocycles. The maximum atomic E-state index is 13.8. The van der Waals surface area contributed by atoms with Crippen LogP contribution in [0.2, 0.25) is 0 Å². The fourth-order valence-electron chi connectivity index (χ4n) is 3.43. The minimum absolute atomic E-state index is 0.0741. The van der Waals surface area contributed by atoms with Crippen LogP contribution in [0.1, 0.15) is 39.4 Å². The molecule has 1 amide bonds. The second kappa shape index (κ2) is 8.10. The van der Waals surface area contributed by atoms with Crippen molar-refractivity contribution in [2.75, 3.05) is 10.6 Å². The lowest BCUT2D eigenvalue weighted by molar-refractivity contribution is -0.173. The number of anilines is 2. The number of fused-ring (bicyclic) bond motifs is 1. The number of hydrogen-bond donors (Lipinski definition) is 2. The maximum Gasteiger partial charge on any atom is 0.418 e. The lowest BCUT2D eigenvalue weighted by atomic mass is 10.0. The Kier molecular flexibility index (Phi) is 5.74. The van der Waals surface area contributed by atoms with E-state index in [1.807, 2.05) is 0 Å². The highest BCUT2D eigenvalue weighted by Crippen LogP contribution is 2.47. The van der Waals surface area contributed by atoms with Crippen molar-refractivity contribution in [2.45, 2.75) is 30.9 Å². The Balaban J connectivity index is 1.71. The van der Waals surface area contributed by atoms with Gasteiger partial charge in [0.25, 0.3) is 5.91 Å². The molecule has 0 saturated carbocycles. The largest absolute Gasteiger partial charge is 0.418 e. The average Bonchev–Trinajstić information content (AvgIpc) is 3.35. The van der Waals surface area contributed by atoms with Crippen LogP contribution >= 0.6 is 27.3 Å². The van der Waals surface area contributed by atoms with Gasteiger partial charge in [0.15, 0.2) is 11.7 Å². The summed E-state index contributed by atoms with van der Waals surface area (Å²) in [4.78, 5) is 13.4. The van der Waals surface area contributed by atoms with Crippen LogP contribution in [0.4, 0.5) is 37.8 Å². The number of para-hydroxylation sites is 1. The third-order valence-electron chi connectivity index (χ3n) is 4.88. The van der Waals surface area contributed by atoms with Gasteiger partial charge in [0.2, 0.25) is 0 Å². The van der Waals surface area contributed by atoms with Crippen LogP contribution in [0.3, 0.4) is 0 Å². The summed E-state index contributed by atoms with van der Waals surface area (Å²) in [5.74, 6) is -1.16. The molecule has 0 radical (unpaired) electrons. The van der Waals surface area contributed by atoms with E-state index in [0.717, 1.165) is 18.2 Å². The Morgan fingerprint density at radius 3 is 2.50 bits per heavy atom. The van der Waals surface area contributed by atoms with Gasteiger partial charge < -0.3 is 10.6 Å². The number of amides is 1. The summed E-state index contributed by atoms with van der Waals surface area (Å²) in [6.45, 7) is 0. The van der Waals surface area contributed by atoms with Crippen molar-refractivity contribution in [2.24, 2.45) is 0 Å². The standard InChI is InChI=1S/C19H13BrF6N4OS/c20-14-15(17(31)28-10-5-2-1-4-9(10)18(21,22)23)29-30-13(19(24,25)26)8-11(27-16(14)30)12-6-3-7-32-12/h1-7,11,13,27H,8H2,(H,28,31)/t11-,13-/m1/s1. The molecule has 0 unspecified atom stereocenters. The van der Waals surface area contributed by atoms with Crippen molar-refractivity contribution in [1.82, 2.24) is 9.78 Å². The van der Waals surface area contributed by atoms with E-state index in [1.165, 1.54) is 17.4 Å². The fraction of sp³-hybridized carbons (Fsp3) is 0.263. The summed E-state index contributed by atoms with van der Waals surface area (Å²) in [6.07, 6.45) is -9.75. The molecule has 0 aliphatic carbocycles. The summed E-state index contributed by atoms with van der Waals surface area (Å²) >= 11 is 4.38. The van der Waals surface area contributed by atoms with Crippen LogP contribution in [0.25, 0.3) is 0 Å². The zero-order valence-electron chi connectivity index (χ0n) is 15.8. The minimum Gasteiger partial charge on any atom is -0.362 e. The molecule has 170 valence electrons. The number of carbonyl (C=O) groups excluding carboxylic acids is 1. The van der Waals surface area contributed by atoms with E-state index in [2.05, 4.69) is 31.7 Å². The summed E-state index contributed by atoms with van der Waals surface area (Å²) in [5, 5.41) is 10.6. The first kappa shape index (κ1) is 22.6. The molecule has 1 aliphatic heterocycles. The first-order valence-electron chi connectivity index (χ1n) is 9.09. The average molecular weight is 539 g/mol. The zero-order valence-corrected chi connectivity index (χ0v) is 18.2. The third-order valence-corrected chi connectivity index (χ3v) is 6.62. The molecule has 2 aromatic heterocycles. The molecular formula is C19H13BrF6N4OS. The summed E-state index contributed by atoms with van der Waals surface area (Å²) in [5.41, 5.74) is -2.08. The van der Waals surface area contributed by atoms with Crippen LogP contribution in [0.5, 0.6) is 0 Å². The minimum atomic E-state index is -4.73. The number of nitrogens with zero attached hydrogens (tertiary/aromatic N) is 2. The number of thiophene rings is 1. The van der Waals surface area contributed by atoms with Crippen molar-refractivity contribution >= 4 is 44.7 Å². The Bertz CT molecular complexity index is 1140. The third kappa shape index (κ3) is 4.22. The van der Waals surface area contributed by atoms with Gasteiger partial charge in [-0.25, -0.2) is 4.68 Å². The number of nitrogens with one attached hydrogen (secondary N) is 2. The molecule has 1 aliphatic rings. The number of rotatable bonds is 3. The van der Waals surface area contributed by atoms with Gasteiger partial charge in [0.05, 0.1) is 21.8 Å². The zero-order chi connectivity index (χ0) is 23.3. The predicted octanol–water partition coefficient (Wildman–Crippen LogP) is 6.64. The van der Waals surface area contributed by atoms with Crippen LogP contribution in [0.15, 0.2) is 46.3 Å². The summed E-state index contributed by atoms with van der Waals surface area (Å²) in [7, 11) is 0. The Labute approximate surface area is 189 Å². The number of aromatic nitrogens is 2. The first-order valence-corrected chi connectivity index (χ1v) is 10.8. The SMILES string of the molecule is O=C(Nc1ccccc1C(F)(F)F)c1nn2c(c1Br)N[C@@H](c1cccs1)C[C@@H]2C(F)(F)F. The van der Waals surface area contributed by atoms with Crippen molar-refractivity contribution in [1.29, 1.82) is 0 Å². The van der Waals surface area contributed by atoms with Gasteiger partial charge in [0, 0.05) is 11.3 Å².